The van der Waals surface area contributed by atoms with Crippen LogP contribution >= 0.6 is 27.3 Å². The first kappa shape index (κ1) is 13.5. The Labute approximate surface area is 126 Å². The molecular weight excluding hydrogens is 320 g/mol. The van der Waals surface area contributed by atoms with Gasteiger partial charge in [0.1, 0.15) is 0 Å². The molecule has 19 heavy (non-hydrogen) atoms. The molecular formula is C15H19BrN2S. The number of hydrogen-bond donors (Lipinski definition) is 1. The second-order valence-electron chi connectivity index (χ2n) is 5.48. The fourth-order valence-electron chi connectivity index (χ4n) is 2.84. The van der Waals surface area contributed by atoms with E-state index in [0.29, 0.717) is 5.92 Å². The molecule has 2 N–H and O–H groups in total. The number of benzene rings is 1. The standard InChI is InChI=1S/C15H19BrN2S/c16-12-4-5-13-14(9-12)19-15(18-13)11-7-10(8-11)3-1-2-6-17/h4-5,9-11H,1-3,6-8,17H2. The van der Waals surface area contributed by atoms with Gasteiger partial charge in [0.25, 0.3) is 0 Å². The number of nitrogens with zero attached hydrogens (tertiary/aromatic N) is 1. The minimum Gasteiger partial charge on any atom is -0.330 e. The van der Waals surface area contributed by atoms with Crippen molar-refractivity contribution in [3.8, 4) is 0 Å². The molecule has 2 nitrogen and oxygen atoms in total. The highest BCUT2D eigenvalue weighted by molar-refractivity contribution is 9.10. The number of fused-ring (bicyclic) bond motifs is 1. The highest BCUT2D eigenvalue weighted by atomic mass is 79.9. The maximum Gasteiger partial charge on any atom is 0.0969 e. The SMILES string of the molecule is NCCCCC1CC(c2nc3ccc(Br)cc3s2)C1. The number of hydrogen-bond acceptors (Lipinski definition) is 3. The molecule has 0 aliphatic heterocycles. The molecule has 1 aliphatic carbocycles. The topological polar surface area (TPSA) is 38.9 Å². The predicted molar refractivity (Wildman–Crippen MR) is 85.7 cm³/mol. The van der Waals surface area contributed by atoms with Gasteiger partial charge in [-0.15, -0.1) is 11.3 Å². The molecule has 0 radical (unpaired) electrons. The lowest BCUT2D eigenvalue weighted by molar-refractivity contribution is 0.242. The van der Waals surface area contributed by atoms with Crippen LogP contribution < -0.4 is 5.73 Å². The lowest BCUT2D eigenvalue weighted by atomic mass is 9.73. The lowest BCUT2D eigenvalue weighted by Gasteiger charge is -2.34. The van der Waals surface area contributed by atoms with Gasteiger partial charge in [-0.25, -0.2) is 4.98 Å². The molecule has 0 bridgehead atoms. The number of thiazole rings is 1. The minimum absolute atomic E-state index is 0.707. The molecule has 1 aromatic heterocycles. The van der Waals surface area contributed by atoms with Crippen LogP contribution in [-0.2, 0) is 0 Å². The Kier molecular flexibility index (Phi) is 4.20. The van der Waals surface area contributed by atoms with E-state index < -0.39 is 0 Å². The van der Waals surface area contributed by atoms with Crippen molar-refractivity contribution in [2.24, 2.45) is 11.7 Å². The van der Waals surface area contributed by atoms with Gasteiger partial charge in [-0.05, 0) is 49.9 Å². The van der Waals surface area contributed by atoms with Crippen molar-refractivity contribution in [2.45, 2.75) is 38.0 Å². The summed E-state index contributed by atoms with van der Waals surface area (Å²) in [6.45, 7) is 0.836. The Morgan fingerprint density at radius 1 is 1.32 bits per heavy atom. The average molecular weight is 339 g/mol. The second kappa shape index (κ2) is 5.90. The first-order chi connectivity index (χ1) is 9.26. The van der Waals surface area contributed by atoms with E-state index in [1.54, 1.807) is 0 Å². The van der Waals surface area contributed by atoms with Crippen molar-refractivity contribution in [1.29, 1.82) is 0 Å². The van der Waals surface area contributed by atoms with Gasteiger partial charge >= 0.3 is 0 Å². The molecule has 1 heterocycles. The molecule has 0 saturated heterocycles. The molecule has 2 aromatic rings. The van der Waals surface area contributed by atoms with Gasteiger partial charge in [-0.3, -0.25) is 0 Å². The summed E-state index contributed by atoms with van der Waals surface area (Å²) < 4.78 is 2.44. The van der Waals surface area contributed by atoms with E-state index >= 15 is 0 Å². The summed E-state index contributed by atoms with van der Waals surface area (Å²) in [5, 5.41) is 1.34. The van der Waals surface area contributed by atoms with Crippen molar-refractivity contribution < 1.29 is 0 Å². The Hall–Kier alpha value is -0.450. The molecule has 3 rings (SSSR count). The predicted octanol–water partition coefficient (Wildman–Crippen LogP) is 4.68. The molecule has 0 unspecified atom stereocenters. The van der Waals surface area contributed by atoms with Gasteiger partial charge in [0.2, 0.25) is 0 Å². The van der Waals surface area contributed by atoms with Crippen LogP contribution in [0.3, 0.4) is 0 Å². The van der Waals surface area contributed by atoms with Crippen LogP contribution in [0.25, 0.3) is 10.2 Å². The number of aromatic nitrogens is 1. The third kappa shape index (κ3) is 3.01. The van der Waals surface area contributed by atoms with Crippen molar-refractivity contribution >= 4 is 37.5 Å². The summed E-state index contributed by atoms with van der Waals surface area (Å²) in [6, 6.07) is 6.35. The van der Waals surface area contributed by atoms with Crippen molar-refractivity contribution in [2.75, 3.05) is 6.54 Å². The largest absolute Gasteiger partial charge is 0.330 e. The minimum atomic E-state index is 0.707. The molecule has 0 amide bonds. The van der Waals surface area contributed by atoms with Gasteiger partial charge in [0.15, 0.2) is 0 Å². The monoisotopic (exact) mass is 338 g/mol. The summed E-state index contributed by atoms with van der Waals surface area (Å²) in [6.07, 6.45) is 6.47. The zero-order chi connectivity index (χ0) is 13.2. The van der Waals surface area contributed by atoms with E-state index in [1.165, 1.54) is 41.8 Å². The number of unbranched alkanes of at least 4 members (excludes halogenated alkanes) is 1. The van der Waals surface area contributed by atoms with Crippen LogP contribution in [0.5, 0.6) is 0 Å². The van der Waals surface area contributed by atoms with Crippen LogP contribution in [0.15, 0.2) is 22.7 Å². The zero-order valence-corrected chi connectivity index (χ0v) is 13.3. The second-order valence-corrected chi connectivity index (χ2v) is 7.46. The van der Waals surface area contributed by atoms with E-state index in [9.17, 15) is 0 Å². The first-order valence-corrected chi connectivity index (χ1v) is 8.63. The van der Waals surface area contributed by atoms with Crippen LogP contribution in [-0.4, -0.2) is 11.5 Å². The van der Waals surface area contributed by atoms with E-state index in [0.717, 1.165) is 22.5 Å². The third-order valence-corrected chi connectivity index (χ3v) is 5.69. The normalized spacial score (nSPS) is 22.6. The Morgan fingerprint density at radius 3 is 2.95 bits per heavy atom. The molecule has 4 heteroatoms. The molecule has 0 atom stereocenters. The average Bonchev–Trinajstić information content (AvgIpc) is 2.74. The van der Waals surface area contributed by atoms with Crippen LogP contribution in [0, 0.1) is 5.92 Å². The van der Waals surface area contributed by atoms with E-state index in [-0.39, 0.29) is 0 Å². The zero-order valence-electron chi connectivity index (χ0n) is 10.9. The quantitative estimate of drug-likeness (QED) is 0.803. The summed E-state index contributed by atoms with van der Waals surface area (Å²) in [5.74, 6) is 1.62. The Morgan fingerprint density at radius 2 is 2.16 bits per heavy atom. The molecule has 0 spiro atoms. The summed E-state index contributed by atoms with van der Waals surface area (Å²) >= 11 is 5.39. The third-order valence-electron chi connectivity index (χ3n) is 4.02. The first-order valence-electron chi connectivity index (χ1n) is 7.02. The molecule has 1 aliphatic rings. The van der Waals surface area contributed by atoms with Crippen molar-refractivity contribution in [3.63, 3.8) is 0 Å². The fraction of sp³-hybridized carbons (Fsp3) is 0.533. The molecule has 102 valence electrons. The van der Waals surface area contributed by atoms with E-state index in [2.05, 4.69) is 34.1 Å². The van der Waals surface area contributed by atoms with E-state index in [1.807, 2.05) is 11.3 Å². The molecule has 1 aromatic carbocycles. The number of rotatable bonds is 5. The van der Waals surface area contributed by atoms with Crippen LogP contribution in [0.4, 0.5) is 0 Å². The maximum atomic E-state index is 5.54. The van der Waals surface area contributed by atoms with Crippen LogP contribution in [0.2, 0.25) is 0 Å². The van der Waals surface area contributed by atoms with Gasteiger partial charge in [0, 0.05) is 10.4 Å². The highest BCUT2D eigenvalue weighted by Crippen LogP contribution is 2.46. The number of halogens is 1. The van der Waals surface area contributed by atoms with Crippen molar-refractivity contribution in [3.05, 3.63) is 27.7 Å². The van der Waals surface area contributed by atoms with E-state index in [4.69, 9.17) is 10.7 Å². The van der Waals surface area contributed by atoms with Crippen molar-refractivity contribution in [1.82, 2.24) is 4.98 Å². The highest BCUT2D eigenvalue weighted by Gasteiger charge is 2.31. The van der Waals surface area contributed by atoms with Gasteiger partial charge < -0.3 is 5.73 Å². The smallest absolute Gasteiger partial charge is 0.0969 e. The van der Waals surface area contributed by atoms with Crippen LogP contribution in [0.1, 0.15) is 43.0 Å². The maximum absolute atomic E-state index is 5.54. The summed E-state index contributed by atoms with van der Waals surface area (Å²) in [5.41, 5.74) is 6.68. The Bertz CT molecular complexity index is 560. The van der Waals surface area contributed by atoms with Gasteiger partial charge in [0.05, 0.1) is 15.2 Å². The molecule has 1 fully saturated rings. The van der Waals surface area contributed by atoms with Gasteiger partial charge in [-0.2, -0.15) is 0 Å². The summed E-state index contributed by atoms with van der Waals surface area (Å²) in [7, 11) is 0. The summed E-state index contributed by atoms with van der Waals surface area (Å²) in [4.78, 5) is 4.78. The fourth-order valence-corrected chi connectivity index (χ4v) is 4.49. The Balaban J connectivity index is 1.61. The molecule has 1 saturated carbocycles. The lowest BCUT2D eigenvalue weighted by Crippen LogP contribution is -2.21. The number of nitrogens with two attached hydrogens (primary N) is 1. The van der Waals surface area contributed by atoms with Gasteiger partial charge in [-0.1, -0.05) is 28.8 Å².